The van der Waals surface area contributed by atoms with Gasteiger partial charge in [-0.2, -0.15) is 0 Å². The van der Waals surface area contributed by atoms with Crippen molar-refractivity contribution in [2.24, 2.45) is 0 Å². The fraction of sp³-hybridized carbons (Fsp3) is 0.545. The third-order valence-corrected chi connectivity index (χ3v) is 3.07. The molecule has 15 heavy (non-hydrogen) atoms. The number of aliphatic hydroxyl groups excluding tert-OH is 1. The molecule has 0 aliphatic heterocycles. The lowest BCUT2D eigenvalue weighted by molar-refractivity contribution is 0.00666. The van der Waals surface area contributed by atoms with Gasteiger partial charge in [0, 0.05) is 10.7 Å². The SMILES string of the molecule is OC1CCCCC1Oc1cncc(Br)c1. The Balaban J connectivity index is 2.01. The third-order valence-electron chi connectivity index (χ3n) is 2.63. The molecule has 0 saturated heterocycles. The van der Waals surface area contributed by atoms with Gasteiger partial charge in [0.1, 0.15) is 11.9 Å². The van der Waals surface area contributed by atoms with Gasteiger partial charge in [-0.1, -0.05) is 6.42 Å². The number of hydrogen-bond donors (Lipinski definition) is 1. The van der Waals surface area contributed by atoms with Gasteiger partial charge >= 0.3 is 0 Å². The molecule has 1 N–H and O–H groups in total. The molecule has 0 radical (unpaired) electrons. The molecule has 1 aromatic heterocycles. The average molecular weight is 272 g/mol. The predicted molar refractivity (Wildman–Crippen MR) is 60.8 cm³/mol. The quantitative estimate of drug-likeness (QED) is 0.899. The second kappa shape index (κ2) is 4.94. The summed E-state index contributed by atoms with van der Waals surface area (Å²) in [7, 11) is 0. The largest absolute Gasteiger partial charge is 0.486 e. The first-order valence-electron chi connectivity index (χ1n) is 5.21. The Morgan fingerprint density at radius 1 is 1.33 bits per heavy atom. The van der Waals surface area contributed by atoms with Crippen LogP contribution in [-0.2, 0) is 0 Å². The van der Waals surface area contributed by atoms with Gasteiger partial charge in [-0.3, -0.25) is 4.98 Å². The van der Waals surface area contributed by atoms with Crippen molar-refractivity contribution < 1.29 is 9.84 Å². The highest BCUT2D eigenvalue weighted by atomic mass is 79.9. The molecule has 0 bridgehead atoms. The molecular formula is C11H14BrNO2. The first kappa shape index (κ1) is 10.9. The van der Waals surface area contributed by atoms with E-state index in [0.29, 0.717) is 0 Å². The van der Waals surface area contributed by atoms with Crippen LogP contribution in [0.2, 0.25) is 0 Å². The van der Waals surface area contributed by atoms with Crippen molar-refractivity contribution in [3.05, 3.63) is 22.9 Å². The molecule has 82 valence electrons. The Morgan fingerprint density at radius 2 is 2.13 bits per heavy atom. The number of aliphatic hydroxyl groups is 1. The van der Waals surface area contributed by atoms with Crippen LogP contribution in [0.4, 0.5) is 0 Å². The summed E-state index contributed by atoms with van der Waals surface area (Å²) in [6.07, 6.45) is 6.96. The summed E-state index contributed by atoms with van der Waals surface area (Å²) in [6.45, 7) is 0. The van der Waals surface area contributed by atoms with Crippen LogP contribution in [0.5, 0.6) is 5.75 Å². The zero-order valence-electron chi connectivity index (χ0n) is 8.40. The third kappa shape index (κ3) is 2.92. The van der Waals surface area contributed by atoms with Gasteiger partial charge in [-0.05, 0) is 41.3 Å². The minimum Gasteiger partial charge on any atom is -0.486 e. The molecule has 1 aliphatic carbocycles. The van der Waals surface area contributed by atoms with Crippen LogP contribution in [0.25, 0.3) is 0 Å². The molecule has 1 heterocycles. The van der Waals surface area contributed by atoms with Crippen LogP contribution in [0.3, 0.4) is 0 Å². The molecular weight excluding hydrogens is 258 g/mol. The summed E-state index contributed by atoms with van der Waals surface area (Å²) in [5.41, 5.74) is 0. The summed E-state index contributed by atoms with van der Waals surface area (Å²) >= 11 is 3.34. The Morgan fingerprint density at radius 3 is 2.87 bits per heavy atom. The van der Waals surface area contributed by atoms with E-state index in [1.165, 1.54) is 0 Å². The van der Waals surface area contributed by atoms with Crippen molar-refractivity contribution in [1.29, 1.82) is 0 Å². The first-order chi connectivity index (χ1) is 7.25. The number of aromatic nitrogens is 1. The Hall–Kier alpha value is -0.610. The summed E-state index contributed by atoms with van der Waals surface area (Å²) in [5, 5.41) is 9.74. The monoisotopic (exact) mass is 271 g/mol. The molecule has 4 heteroatoms. The maximum absolute atomic E-state index is 9.74. The molecule has 3 nitrogen and oxygen atoms in total. The molecule has 2 unspecified atom stereocenters. The maximum Gasteiger partial charge on any atom is 0.139 e. The summed E-state index contributed by atoms with van der Waals surface area (Å²) in [4.78, 5) is 4.02. The molecule has 0 spiro atoms. The first-order valence-corrected chi connectivity index (χ1v) is 6.00. The highest BCUT2D eigenvalue weighted by Crippen LogP contribution is 2.24. The summed E-state index contributed by atoms with van der Waals surface area (Å²) in [6, 6.07) is 1.87. The zero-order chi connectivity index (χ0) is 10.7. The van der Waals surface area contributed by atoms with Crippen LogP contribution >= 0.6 is 15.9 Å². The predicted octanol–water partition coefficient (Wildman–Crippen LogP) is 2.53. The van der Waals surface area contributed by atoms with Crippen LogP contribution in [0, 0.1) is 0 Å². The Bertz CT molecular complexity index is 332. The summed E-state index contributed by atoms with van der Waals surface area (Å²) < 4.78 is 6.60. The molecule has 1 saturated carbocycles. The molecule has 1 fully saturated rings. The van der Waals surface area contributed by atoms with Crippen LogP contribution in [0.15, 0.2) is 22.9 Å². The minimum absolute atomic E-state index is 0.0742. The van der Waals surface area contributed by atoms with Gasteiger partial charge in [0.15, 0.2) is 0 Å². The molecule has 1 aromatic rings. The van der Waals surface area contributed by atoms with Crippen molar-refractivity contribution in [3.63, 3.8) is 0 Å². The maximum atomic E-state index is 9.74. The number of hydrogen-bond acceptors (Lipinski definition) is 3. The number of ether oxygens (including phenoxy) is 1. The Labute approximate surface area is 97.6 Å². The van der Waals surface area contributed by atoms with E-state index in [0.717, 1.165) is 35.9 Å². The minimum atomic E-state index is -0.335. The van der Waals surface area contributed by atoms with E-state index >= 15 is 0 Å². The van der Waals surface area contributed by atoms with Gasteiger partial charge in [-0.15, -0.1) is 0 Å². The lowest BCUT2D eigenvalue weighted by Crippen LogP contribution is -2.34. The normalized spacial score (nSPS) is 26.3. The van der Waals surface area contributed by atoms with Gasteiger partial charge < -0.3 is 9.84 Å². The number of rotatable bonds is 2. The average Bonchev–Trinajstić information content (AvgIpc) is 2.22. The Kier molecular flexibility index (Phi) is 3.59. The van der Waals surface area contributed by atoms with Gasteiger partial charge in [0.2, 0.25) is 0 Å². The lowest BCUT2D eigenvalue weighted by atomic mass is 9.95. The topological polar surface area (TPSA) is 42.4 Å². The van der Waals surface area contributed by atoms with Crippen molar-refractivity contribution in [1.82, 2.24) is 4.98 Å². The van der Waals surface area contributed by atoms with E-state index in [1.54, 1.807) is 12.4 Å². The van der Waals surface area contributed by atoms with Crippen LogP contribution in [0.1, 0.15) is 25.7 Å². The number of halogens is 1. The van der Waals surface area contributed by atoms with Crippen LogP contribution < -0.4 is 4.74 Å². The second-order valence-corrected chi connectivity index (χ2v) is 4.76. The summed E-state index contributed by atoms with van der Waals surface area (Å²) in [5.74, 6) is 0.718. The molecule has 0 amide bonds. The molecule has 0 aromatic carbocycles. The molecule has 2 atom stereocenters. The highest BCUT2D eigenvalue weighted by Gasteiger charge is 2.24. The molecule has 2 rings (SSSR count). The number of nitrogens with zero attached hydrogens (tertiary/aromatic N) is 1. The van der Waals surface area contributed by atoms with Crippen molar-refractivity contribution in [3.8, 4) is 5.75 Å². The molecule has 1 aliphatic rings. The van der Waals surface area contributed by atoms with Crippen molar-refractivity contribution in [2.45, 2.75) is 37.9 Å². The second-order valence-electron chi connectivity index (χ2n) is 3.85. The fourth-order valence-electron chi connectivity index (χ4n) is 1.85. The van der Waals surface area contributed by atoms with E-state index in [9.17, 15) is 5.11 Å². The number of pyridine rings is 1. The lowest BCUT2D eigenvalue weighted by Gasteiger charge is -2.28. The van der Waals surface area contributed by atoms with E-state index < -0.39 is 0 Å². The van der Waals surface area contributed by atoms with E-state index in [2.05, 4.69) is 20.9 Å². The highest BCUT2D eigenvalue weighted by molar-refractivity contribution is 9.10. The smallest absolute Gasteiger partial charge is 0.139 e. The van der Waals surface area contributed by atoms with Crippen LogP contribution in [-0.4, -0.2) is 22.3 Å². The van der Waals surface area contributed by atoms with Gasteiger partial charge in [0.05, 0.1) is 12.3 Å². The zero-order valence-corrected chi connectivity index (χ0v) is 9.98. The van der Waals surface area contributed by atoms with Gasteiger partial charge in [-0.25, -0.2) is 0 Å². The van der Waals surface area contributed by atoms with E-state index in [4.69, 9.17) is 4.74 Å². The van der Waals surface area contributed by atoms with Gasteiger partial charge in [0.25, 0.3) is 0 Å². The van der Waals surface area contributed by atoms with Crippen molar-refractivity contribution in [2.75, 3.05) is 0 Å². The standard InChI is InChI=1S/C11H14BrNO2/c12-8-5-9(7-13-6-8)15-11-4-2-1-3-10(11)14/h5-7,10-11,14H,1-4H2. The fourth-order valence-corrected chi connectivity index (χ4v) is 2.19. The van der Waals surface area contributed by atoms with E-state index in [-0.39, 0.29) is 12.2 Å². The van der Waals surface area contributed by atoms with E-state index in [1.807, 2.05) is 6.07 Å². The van der Waals surface area contributed by atoms with Crippen molar-refractivity contribution >= 4 is 15.9 Å².